The number of nitrogens with zero attached hydrogens (tertiary/aromatic N) is 5. The quantitative estimate of drug-likeness (QED) is 0.733. The van der Waals surface area contributed by atoms with Gasteiger partial charge in [0.05, 0.1) is 10.7 Å². The van der Waals surface area contributed by atoms with Crippen molar-refractivity contribution >= 4 is 11.6 Å². The van der Waals surface area contributed by atoms with Crippen molar-refractivity contribution in [2.45, 2.75) is 32.1 Å². The Morgan fingerprint density at radius 3 is 2.70 bits per heavy atom. The number of benzene rings is 1. The zero-order valence-electron chi connectivity index (χ0n) is 13.2. The predicted molar refractivity (Wildman–Crippen MR) is 89.9 cm³/mol. The van der Waals surface area contributed by atoms with Gasteiger partial charge in [-0.1, -0.05) is 30.7 Å². The molecule has 3 aromatic rings. The molecule has 1 saturated carbocycles. The summed E-state index contributed by atoms with van der Waals surface area (Å²) in [5.41, 5.74) is 2.95. The van der Waals surface area contributed by atoms with Crippen LogP contribution < -0.4 is 0 Å². The van der Waals surface area contributed by atoms with Gasteiger partial charge in [0.2, 0.25) is 0 Å². The first-order valence-electron chi connectivity index (χ1n) is 7.92. The molecule has 0 spiro atoms. The standard InChI is InChI=1S/C17H18ClN5/c1-3-16-19-17(13-10-15(11-8-9-11)22(2)20-13)23(21-16)14-7-5-4-6-12(14)18/h4-7,10-11H,3,8-9H2,1-2H3. The van der Waals surface area contributed by atoms with E-state index in [2.05, 4.69) is 21.2 Å². The normalized spacial score (nSPS) is 14.4. The summed E-state index contributed by atoms with van der Waals surface area (Å²) in [7, 11) is 1.99. The lowest BCUT2D eigenvalue weighted by Gasteiger charge is -2.05. The van der Waals surface area contributed by atoms with Crippen LogP contribution in [0.25, 0.3) is 17.2 Å². The van der Waals surface area contributed by atoms with Crippen LogP contribution in [0.3, 0.4) is 0 Å². The summed E-state index contributed by atoms with van der Waals surface area (Å²) < 4.78 is 3.77. The minimum atomic E-state index is 0.642. The van der Waals surface area contributed by atoms with Crippen LogP contribution in [0.5, 0.6) is 0 Å². The Morgan fingerprint density at radius 1 is 1.22 bits per heavy atom. The number of halogens is 1. The molecule has 0 saturated heterocycles. The van der Waals surface area contributed by atoms with E-state index >= 15 is 0 Å². The first kappa shape index (κ1) is 14.5. The summed E-state index contributed by atoms with van der Waals surface area (Å²) in [5, 5.41) is 9.92. The van der Waals surface area contributed by atoms with E-state index < -0.39 is 0 Å². The van der Waals surface area contributed by atoms with Gasteiger partial charge in [0.15, 0.2) is 11.6 Å². The first-order valence-corrected chi connectivity index (χ1v) is 8.30. The van der Waals surface area contributed by atoms with Gasteiger partial charge in [-0.25, -0.2) is 9.67 Å². The monoisotopic (exact) mass is 327 g/mol. The highest BCUT2D eigenvalue weighted by atomic mass is 35.5. The minimum Gasteiger partial charge on any atom is -0.272 e. The zero-order valence-corrected chi connectivity index (χ0v) is 14.0. The molecule has 5 nitrogen and oxygen atoms in total. The van der Waals surface area contributed by atoms with Crippen LogP contribution >= 0.6 is 11.6 Å². The Balaban J connectivity index is 1.86. The predicted octanol–water partition coefficient (Wildman–Crippen LogP) is 3.76. The van der Waals surface area contributed by atoms with Crippen molar-refractivity contribution in [1.29, 1.82) is 0 Å². The molecule has 0 aliphatic heterocycles. The lowest BCUT2D eigenvalue weighted by molar-refractivity contribution is 0.713. The largest absolute Gasteiger partial charge is 0.272 e. The molecule has 0 atom stereocenters. The molecular formula is C17H18ClN5. The van der Waals surface area contributed by atoms with Gasteiger partial charge in [-0.3, -0.25) is 4.68 Å². The third kappa shape index (κ3) is 2.55. The fraction of sp³-hybridized carbons (Fsp3) is 0.353. The SMILES string of the molecule is CCc1nc(-c2cc(C3CC3)n(C)n2)n(-c2ccccc2Cl)n1. The Labute approximate surface area is 139 Å². The van der Waals surface area contributed by atoms with Crippen LogP contribution in [0, 0.1) is 0 Å². The molecule has 2 heterocycles. The number of aryl methyl sites for hydroxylation is 2. The zero-order chi connectivity index (χ0) is 16.0. The molecule has 2 aromatic heterocycles. The van der Waals surface area contributed by atoms with Crippen molar-refractivity contribution in [2.75, 3.05) is 0 Å². The van der Waals surface area contributed by atoms with Gasteiger partial charge >= 0.3 is 0 Å². The molecule has 1 fully saturated rings. The molecular weight excluding hydrogens is 310 g/mol. The molecule has 0 unspecified atom stereocenters. The van der Waals surface area contributed by atoms with E-state index in [1.165, 1.54) is 18.5 Å². The van der Waals surface area contributed by atoms with Crippen LogP contribution in [-0.2, 0) is 13.5 Å². The molecule has 1 aliphatic carbocycles. The van der Waals surface area contributed by atoms with Gasteiger partial charge in [0.25, 0.3) is 0 Å². The lowest BCUT2D eigenvalue weighted by atomic mass is 10.2. The molecule has 4 rings (SSSR count). The van der Waals surface area contributed by atoms with E-state index in [0.29, 0.717) is 10.9 Å². The summed E-state index contributed by atoms with van der Waals surface area (Å²) in [6.45, 7) is 2.05. The summed E-state index contributed by atoms with van der Waals surface area (Å²) in [4.78, 5) is 4.67. The van der Waals surface area contributed by atoms with Crippen molar-refractivity contribution in [3.8, 4) is 17.2 Å². The molecule has 1 aromatic carbocycles. The smallest absolute Gasteiger partial charge is 0.183 e. The van der Waals surface area contributed by atoms with Gasteiger partial charge in [0, 0.05) is 25.1 Å². The van der Waals surface area contributed by atoms with E-state index in [-0.39, 0.29) is 0 Å². The second-order valence-corrected chi connectivity index (χ2v) is 6.33. The second-order valence-electron chi connectivity index (χ2n) is 5.92. The van der Waals surface area contributed by atoms with Crippen LogP contribution in [0.1, 0.15) is 37.2 Å². The van der Waals surface area contributed by atoms with Gasteiger partial charge in [0.1, 0.15) is 5.69 Å². The molecule has 23 heavy (non-hydrogen) atoms. The summed E-state index contributed by atoms with van der Waals surface area (Å²) in [6, 6.07) is 9.81. The van der Waals surface area contributed by atoms with Crippen molar-refractivity contribution in [3.05, 3.63) is 46.9 Å². The van der Waals surface area contributed by atoms with Crippen LogP contribution in [-0.4, -0.2) is 24.5 Å². The fourth-order valence-electron chi connectivity index (χ4n) is 2.81. The molecule has 1 aliphatic rings. The minimum absolute atomic E-state index is 0.642. The maximum absolute atomic E-state index is 6.35. The summed E-state index contributed by atoms with van der Waals surface area (Å²) >= 11 is 6.35. The molecule has 6 heteroatoms. The Morgan fingerprint density at radius 2 is 2.00 bits per heavy atom. The van der Waals surface area contributed by atoms with Crippen LogP contribution in [0.15, 0.2) is 30.3 Å². The number of aromatic nitrogens is 5. The highest BCUT2D eigenvalue weighted by Gasteiger charge is 2.28. The maximum atomic E-state index is 6.35. The number of rotatable bonds is 4. The Bertz CT molecular complexity index is 860. The molecule has 0 amide bonds. The summed E-state index contributed by atoms with van der Waals surface area (Å²) in [6.07, 6.45) is 3.26. The molecule has 0 N–H and O–H groups in total. The lowest BCUT2D eigenvalue weighted by Crippen LogP contribution is -2.01. The van der Waals surface area contributed by atoms with Gasteiger partial charge < -0.3 is 0 Å². The first-order chi connectivity index (χ1) is 11.2. The van der Waals surface area contributed by atoms with E-state index in [9.17, 15) is 0 Å². The average Bonchev–Trinajstić information content (AvgIpc) is 3.18. The fourth-order valence-corrected chi connectivity index (χ4v) is 3.03. The highest BCUT2D eigenvalue weighted by Crippen LogP contribution is 2.41. The van der Waals surface area contributed by atoms with E-state index in [4.69, 9.17) is 11.6 Å². The van der Waals surface area contributed by atoms with Crippen molar-refractivity contribution in [3.63, 3.8) is 0 Å². The molecule has 118 valence electrons. The Kier molecular flexibility index (Phi) is 3.45. The number of para-hydroxylation sites is 1. The van der Waals surface area contributed by atoms with Gasteiger partial charge in [-0.05, 0) is 31.0 Å². The number of hydrogen-bond donors (Lipinski definition) is 0. The third-order valence-electron chi connectivity index (χ3n) is 4.19. The van der Waals surface area contributed by atoms with E-state index in [1.807, 2.05) is 42.9 Å². The van der Waals surface area contributed by atoms with Crippen LogP contribution in [0.2, 0.25) is 5.02 Å². The highest BCUT2D eigenvalue weighted by molar-refractivity contribution is 6.32. The maximum Gasteiger partial charge on any atom is 0.183 e. The van der Waals surface area contributed by atoms with E-state index in [1.54, 1.807) is 4.68 Å². The van der Waals surface area contributed by atoms with Crippen LogP contribution in [0.4, 0.5) is 0 Å². The molecule has 0 radical (unpaired) electrons. The average molecular weight is 328 g/mol. The van der Waals surface area contributed by atoms with Gasteiger partial charge in [-0.15, -0.1) is 0 Å². The van der Waals surface area contributed by atoms with E-state index in [0.717, 1.165) is 29.5 Å². The summed E-state index contributed by atoms with van der Waals surface area (Å²) in [5.74, 6) is 2.18. The Hall–Kier alpha value is -2.14. The molecule has 0 bridgehead atoms. The van der Waals surface area contributed by atoms with Crippen molar-refractivity contribution in [1.82, 2.24) is 24.5 Å². The second kappa shape index (κ2) is 5.49. The number of hydrogen-bond acceptors (Lipinski definition) is 3. The van der Waals surface area contributed by atoms with Crippen molar-refractivity contribution in [2.24, 2.45) is 7.05 Å². The van der Waals surface area contributed by atoms with Gasteiger partial charge in [-0.2, -0.15) is 10.2 Å². The third-order valence-corrected chi connectivity index (χ3v) is 4.51. The van der Waals surface area contributed by atoms with Crippen molar-refractivity contribution < 1.29 is 0 Å². The topological polar surface area (TPSA) is 48.5 Å².